The van der Waals surface area contributed by atoms with Crippen LogP contribution in [0.15, 0.2) is 87.9 Å². The van der Waals surface area contributed by atoms with Crippen molar-refractivity contribution in [3.63, 3.8) is 0 Å². The van der Waals surface area contributed by atoms with Crippen molar-refractivity contribution in [3.05, 3.63) is 101 Å². The SMILES string of the molecule is COc1cccc(N2C(=S)N[C@H](c3ccccn3)[C@@H]2c2ccc(-c3ccc(Br)cc3F)o2)c1. The number of hydrogen-bond acceptors (Lipinski definition) is 4. The van der Waals surface area contributed by atoms with E-state index < -0.39 is 0 Å². The van der Waals surface area contributed by atoms with Crippen LogP contribution in [0.3, 0.4) is 0 Å². The number of nitrogens with one attached hydrogen (secondary N) is 1. The zero-order chi connectivity index (χ0) is 22.9. The highest BCUT2D eigenvalue weighted by Gasteiger charge is 2.42. The lowest BCUT2D eigenvalue weighted by Gasteiger charge is -2.26. The van der Waals surface area contributed by atoms with Crippen LogP contribution in [0.25, 0.3) is 11.3 Å². The largest absolute Gasteiger partial charge is 0.497 e. The molecule has 0 amide bonds. The number of nitrogens with zero attached hydrogens (tertiary/aromatic N) is 2. The maximum absolute atomic E-state index is 14.6. The van der Waals surface area contributed by atoms with E-state index in [-0.39, 0.29) is 17.9 Å². The Kier molecular flexibility index (Phi) is 5.86. The first-order valence-corrected chi connectivity index (χ1v) is 11.4. The average Bonchev–Trinajstić information content (AvgIpc) is 3.44. The molecule has 3 heterocycles. The predicted molar refractivity (Wildman–Crippen MR) is 133 cm³/mol. The van der Waals surface area contributed by atoms with E-state index in [4.69, 9.17) is 21.4 Å². The number of halogens is 2. The van der Waals surface area contributed by atoms with Crippen molar-refractivity contribution >= 4 is 38.9 Å². The molecule has 0 radical (unpaired) electrons. The highest BCUT2D eigenvalue weighted by molar-refractivity contribution is 9.10. The number of hydrogen-bond donors (Lipinski definition) is 1. The molecule has 0 unspecified atom stereocenters. The second kappa shape index (κ2) is 8.96. The van der Waals surface area contributed by atoms with Gasteiger partial charge in [0.1, 0.15) is 29.1 Å². The Bertz CT molecular complexity index is 1310. The molecule has 4 aromatic rings. The van der Waals surface area contributed by atoms with Gasteiger partial charge in [-0.2, -0.15) is 0 Å². The monoisotopic (exact) mass is 523 g/mol. The molecule has 0 aliphatic carbocycles. The minimum atomic E-state index is -0.365. The lowest BCUT2D eigenvalue weighted by Crippen LogP contribution is -2.29. The second-order valence-electron chi connectivity index (χ2n) is 7.52. The number of pyridine rings is 1. The average molecular weight is 524 g/mol. The fourth-order valence-electron chi connectivity index (χ4n) is 4.03. The third-order valence-corrected chi connectivity index (χ3v) is 6.35. The number of thiocarbonyl (C=S) groups is 1. The van der Waals surface area contributed by atoms with Crippen molar-refractivity contribution < 1.29 is 13.5 Å². The van der Waals surface area contributed by atoms with Crippen LogP contribution in [-0.4, -0.2) is 17.2 Å². The summed E-state index contributed by atoms with van der Waals surface area (Å²) in [5.74, 6) is 1.43. The summed E-state index contributed by atoms with van der Waals surface area (Å²) in [6.07, 6.45) is 1.75. The maximum Gasteiger partial charge on any atom is 0.174 e. The van der Waals surface area contributed by atoms with Crippen molar-refractivity contribution in [1.29, 1.82) is 0 Å². The van der Waals surface area contributed by atoms with Crippen LogP contribution in [0.4, 0.5) is 10.1 Å². The Balaban J connectivity index is 1.61. The van der Waals surface area contributed by atoms with Crippen molar-refractivity contribution in [2.24, 2.45) is 0 Å². The molecule has 5 rings (SSSR count). The minimum absolute atomic E-state index is 0.265. The van der Waals surface area contributed by atoms with E-state index in [1.165, 1.54) is 6.07 Å². The molecule has 166 valence electrons. The molecule has 0 spiro atoms. The van der Waals surface area contributed by atoms with Crippen LogP contribution in [0.1, 0.15) is 23.5 Å². The van der Waals surface area contributed by atoms with Gasteiger partial charge in [0.15, 0.2) is 5.11 Å². The molecular weight excluding hydrogens is 505 g/mol. The summed E-state index contributed by atoms with van der Waals surface area (Å²) in [6, 6.07) is 21.3. The summed E-state index contributed by atoms with van der Waals surface area (Å²) in [7, 11) is 1.62. The van der Waals surface area contributed by atoms with Gasteiger partial charge in [0.25, 0.3) is 0 Å². The summed E-state index contributed by atoms with van der Waals surface area (Å²) >= 11 is 9.03. The summed E-state index contributed by atoms with van der Waals surface area (Å²) in [4.78, 5) is 6.53. The normalized spacial score (nSPS) is 17.8. The topological polar surface area (TPSA) is 50.5 Å². The first-order chi connectivity index (χ1) is 16.0. The van der Waals surface area contributed by atoms with Gasteiger partial charge in [0.05, 0.1) is 24.4 Å². The lowest BCUT2D eigenvalue weighted by atomic mass is 10.0. The Morgan fingerprint density at radius 1 is 1.09 bits per heavy atom. The predicted octanol–water partition coefficient (Wildman–Crippen LogP) is 6.43. The summed E-state index contributed by atoms with van der Waals surface area (Å²) in [6.45, 7) is 0. The van der Waals surface area contributed by atoms with Gasteiger partial charge in [-0.05, 0) is 66.8 Å². The molecule has 33 heavy (non-hydrogen) atoms. The van der Waals surface area contributed by atoms with Crippen LogP contribution >= 0.6 is 28.1 Å². The molecular formula is C25H19BrFN3O2S. The van der Waals surface area contributed by atoms with E-state index in [9.17, 15) is 4.39 Å². The second-order valence-corrected chi connectivity index (χ2v) is 8.83. The Morgan fingerprint density at radius 2 is 1.97 bits per heavy atom. The van der Waals surface area contributed by atoms with Crippen molar-refractivity contribution in [3.8, 4) is 17.1 Å². The maximum atomic E-state index is 14.6. The van der Waals surface area contributed by atoms with Crippen LogP contribution in [0, 0.1) is 5.82 Å². The highest BCUT2D eigenvalue weighted by Crippen LogP contribution is 2.43. The molecule has 8 heteroatoms. The van der Waals surface area contributed by atoms with Gasteiger partial charge in [-0.1, -0.05) is 28.1 Å². The molecule has 2 aromatic heterocycles. The quantitative estimate of drug-likeness (QED) is 0.304. The number of benzene rings is 2. The molecule has 0 bridgehead atoms. The summed E-state index contributed by atoms with van der Waals surface area (Å²) in [5, 5.41) is 3.93. The molecule has 0 saturated carbocycles. The van der Waals surface area contributed by atoms with Gasteiger partial charge in [-0.25, -0.2) is 4.39 Å². The number of anilines is 1. The summed E-state index contributed by atoms with van der Waals surface area (Å²) in [5.41, 5.74) is 2.06. The summed E-state index contributed by atoms with van der Waals surface area (Å²) < 4.78 is 26.9. The van der Waals surface area contributed by atoms with Crippen LogP contribution in [-0.2, 0) is 0 Å². The van der Waals surface area contributed by atoms with Crippen molar-refractivity contribution in [2.75, 3.05) is 12.0 Å². The number of rotatable bonds is 5. The molecule has 2 atom stereocenters. The van der Waals surface area contributed by atoms with Gasteiger partial charge < -0.3 is 19.4 Å². The fraction of sp³-hybridized carbons (Fsp3) is 0.120. The van der Waals surface area contributed by atoms with Gasteiger partial charge in [0.2, 0.25) is 0 Å². The zero-order valence-corrected chi connectivity index (χ0v) is 19.9. The number of methoxy groups -OCH3 is 1. The number of furan rings is 1. The Hall–Kier alpha value is -3.23. The van der Waals surface area contributed by atoms with Gasteiger partial charge in [-0.15, -0.1) is 0 Å². The first-order valence-electron chi connectivity index (χ1n) is 10.2. The van der Waals surface area contributed by atoms with E-state index in [0.29, 0.717) is 32.4 Å². The Morgan fingerprint density at radius 3 is 2.73 bits per heavy atom. The lowest BCUT2D eigenvalue weighted by molar-refractivity contribution is 0.414. The minimum Gasteiger partial charge on any atom is -0.497 e. The highest BCUT2D eigenvalue weighted by atomic mass is 79.9. The molecule has 1 aliphatic heterocycles. The molecule has 1 saturated heterocycles. The van der Waals surface area contributed by atoms with E-state index in [2.05, 4.69) is 26.2 Å². The smallest absolute Gasteiger partial charge is 0.174 e. The van der Waals surface area contributed by atoms with E-state index in [0.717, 1.165) is 11.4 Å². The van der Waals surface area contributed by atoms with Gasteiger partial charge in [0, 0.05) is 22.4 Å². The fourth-order valence-corrected chi connectivity index (χ4v) is 4.71. The zero-order valence-electron chi connectivity index (χ0n) is 17.5. The van der Waals surface area contributed by atoms with Crippen molar-refractivity contribution in [2.45, 2.75) is 12.1 Å². The number of aromatic nitrogens is 1. The molecule has 1 fully saturated rings. The Labute approximate surface area is 204 Å². The van der Waals surface area contributed by atoms with Crippen LogP contribution < -0.4 is 15.0 Å². The third-order valence-electron chi connectivity index (χ3n) is 5.54. The molecule has 1 N–H and O–H groups in total. The van der Waals surface area contributed by atoms with Gasteiger partial charge >= 0.3 is 0 Å². The number of ether oxygens (including phenoxy) is 1. The van der Waals surface area contributed by atoms with Crippen molar-refractivity contribution in [1.82, 2.24) is 10.3 Å². The first kappa shape index (κ1) is 21.6. The standard InChI is InChI=1S/C25H19BrFN3O2S/c1-31-17-6-4-5-16(14-17)30-24(23(29-25(30)33)20-7-2-3-12-28-20)22-11-10-21(32-22)18-9-8-15(26)13-19(18)27/h2-14,23-24H,1H3,(H,29,33)/t23-,24+/m1/s1. The van der Waals surface area contributed by atoms with Crippen LogP contribution in [0.5, 0.6) is 5.75 Å². The van der Waals surface area contributed by atoms with E-state index >= 15 is 0 Å². The van der Waals surface area contributed by atoms with E-state index in [1.54, 1.807) is 31.5 Å². The third kappa shape index (κ3) is 4.12. The molecule has 5 nitrogen and oxygen atoms in total. The van der Waals surface area contributed by atoms with E-state index in [1.807, 2.05) is 53.4 Å². The molecule has 2 aromatic carbocycles. The van der Waals surface area contributed by atoms with Crippen LogP contribution in [0.2, 0.25) is 0 Å². The van der Waals surface area contributed by atoms with Gasteiger partial charge in [-0.3, -0.25) is 4.98 Å². The molecule has 1 aliphatic rings.